The van der Waals surface area contributed by atoms with Gasteiger partial charge in [-0.2, -0.15) is 0 Å². The number of benzene rings is 2. The summed E-state index contributed by atoms with van der Waals surface area (Å²) in [6.45, 7) is 16.5. The Balaban J connectivity index is 0.000000940. The van der Waals surface area contributed by atoms with E-state index in [1.54, 1.807) is 24.0 Å². The fourth-order valence-corrected chi connectivity index (χ4v) is 22.0. The Morgan fingerprint density at radius 1 is 0.500 bits per heavy atom. The molecule has 6 saturated carbocycles. The van der Waals surface area contributed by atoms with Crippen molar-refractivity contribution in [1.29, 1.82) is 0 Å². The third kappa shape index (κ3) is 7.66. The quantitative estimate of drug-likeness (QED) is 0.213. The number of fused-ring (bicyclic) bond motifs is 4. The standard InChI is InChI=1S/C44H64Si.2CH3.2ClH.Zr/c1-27-17-19-35-33(21-27)25-39-37(41(35)31-13-9-7-10-14-31)23-29(3)43(39)45(5,6)44-30(4)24-38-40(44)26-34-22-28(2)18-20-36(34)42(38)32-15-11-8-12-16-32;;;;;/h7-16,27-30,33-44H,17-26H2,1-6H3;2*1H3;2*1H;/q;2*-1;;;+4/p-2. The molecule has 6 fully saturated rings. The molecule has 8 rings (SSSR count). The Kier molecular flexibility index (Phi) is 14.3. The van der Waals surface area contributed by atoms with Gasteiger partial charge in [0.25, 0.3) is 0 Å². The summed E-state index contributed by atoms with van der Waals surface area (Å²) in [6, 6.07) is 24.0. The molecule has 16 atom stereocenters. The topological polar surface area (TPSA) is 0 Å². The van der Waals surface area contributed by atoms with Crippen molar-refractivity contribution in [1.82, 2.24) is 0 Å². The summed E-state index contributed by atoms with van der Waals surface area (Å²) in [7, 11) is 8.28. The van der Waals surface area contributed by atoms with Gasteiger partial charge in [-0.05, 0) is 156 Å². The normalized spacial score (nSPS) is 43.2. The molecule has 0 radical (unpaired) electrons. The molecular weight excluding hydrogens is 743 g/mol. The van der Waals surface area contributed by atoms with Gasteiger partial charge >= 0.3 is 37.9 Å². The second kappa shape index (κ2) is 17.3. The Morgan fingerprint density at radius 3 is 1.22 bits per heavy atom. The molecule has 0 nitrogen and oxygen atoms in total. The number of hydrogen-bond donors (Lipinski definition) is 0. The molecule has 2 aromatic carbocycles. The van der Waals surface area contributed by atoms with Gasteiger partial charge in [0, 0.05) is 0 Å². The predicted octanol–water partition coefficient (Wildman–Crippen LogP) is 14.7. The molecule has 0 heterocycles. The van der Waals surface area contributed by atoms with Crippen LogP contribution in [0.3, 0.4) is 0 Å². The summed E-state index contributed by atoms with van der Waals surface area (Å²) in [5.74, 6) is 12.9. The van der Waals surface area contributed by atoms with Gasteiger partial charge in [0.15, 0.2) is 0 Å². The van der Waals surface area contributed by atoms with Crippen molar-refractivity contribution in [3.63, 3.8) is 0 Å². The molecule has 0 bridgehead atoms. The summed E-state index contributed by atoms with van der Waals surface area (Å²) in [6.07, 6.45) is 15.1. The average molecular weight is 813 g/mol. The summed E-state index contributed by atoms with van der Waals surface area (Å²) in [5.41, 5.74) is 5.43. The monoisotopic (exact) mass is 810 g/mol. The van der Waals surface area contributed by atoms with Crippen LogP contribution < -0.4 is 0 Å². The van der Waals surface area contributed by atoms with Crippen molar-refractivity contribution in [2.45, 2.75) is 128 Å². The van der Waals surface area contributed by atoms with Crippen LogP contribution in [0, 0.1) is 85.9 Å². The maximum absolute atomic E-state index is 4.93. The van der Waals surface area contributed by atoms with Crippen LogP contribution in [0.4, 0.5) is 0 Å². The van der Waals surface area contributed by atoms with Crippen LogP contribution in [-0.2, 0) is 20.8 Å². The first kappa shape index (κ1) is 41.3. The molecule has 2 aromatic rings. The van der Waals surface area contributed by atoms with E-state index in [9.17, 15) is 0 Å². The third-order valence-electron chi connectivity index (χ3n) is 16.2. The Labute approximate surface area is 329 Å². The van der Waals surface area contributed by atoms with Crippen molar-refractivity contribution in [3.8, 4) is 0 Å². The van der Waals surface area contributed by atoms with Gasteiger partial charge in [0.1, 0.15) is 0 Å². The first-order chi connectivity index (χ1) is 23.1. The third-order valence-corrected chi connectivity index (χ3v) is 21.7. The summed E-state index contributed by atoms with van der Waals surface area (Å²) in [4.78, 5) is 0. The van der Waals surface area contributed by atoms with Crippen LogP contribution in [0.2, 0.25) is 24.2 Å². The Bertz CT molecular complexity index is 1230. The molecular formula is C46H70Cl2SiZr. The summed E-state index contributed by atoms with van der Waals surface area (Å²) in [5, 5.41) is 0. The molecule has 6 aliphatic rings. The zero-order valence-corrected chi connectivity index (χ0v) is 37.8. The first-order valence-electron chi connectivity index (χ1n) is 20.2. The first-order valence-corrected chi connectivity index (χ1v) is 29.7. The van der Waals surface area contributed by atoms with Crippen molar-refractivity contribution >= 4 is 25.1 Å². The van der Waals surface area contributed by atoms with E-state index in [0.717, 1.165) is 93.9 Å². The van der Waals surface area contributed by atoms with Crippen molar-refractivity contribution in [2.75, 3.05) is 0 Å². The van der Waals surface area contributed by atoms with E-state index in [1.807, 2.05) is 0 Å². The van der Waals surface area contributed by atoms with Crippen LogP contribution in [0.25, 0.3) is 0 Å². The van der Waals surface area contributed by atoms with Crippen molar-refractivity contribution in [3.05, 3.63) is 86.6 Å². The molecule has 0 N–H and O–H groups in total. The zero-order valence-electron chi connectivity index (χ0n) is 32.8. The maximum atomic E-state index is 4.93. The molecule has 0 saturated heterocycles. The predicted molar refractivity (Wildman–Crippen MR) is 219 cm³/mol. The molecule has 50 heavy (non-hydrogen) atoms. The van der Waals surface area contributed by atoms with E-state index >= 15 is 0 Å². The second-order valence-corrected chi connectivity index (χ2v) is 27.8. The van der Waals surface area contributed by atoms with Gasteiger partial charge < -0.3 is 14.9 Å². The van der Waals surface area contributed by atoms with Gasteiger partial charge in [0.2, 0.25) is 0 Å². The number of hydrogen-bond acceptors (Lipinski definition) is 0. The van der Waals surface area contributed by atoms with Crippen LogP contribution in [-0.4, -0.2) is 8.07 Å². The number of halogens is 2. The number of rotatable bonds is 4. The van der Waals surface area contributed by atoms with E-state index in [4.69, 9.17) is 17.0 Å². The summed E-state index contributed by atoms with van der Waals surface area (Å²) >= 11 is -0.826. The fourth-order valence-electron chi connectivity index (χ4n) is 15.3. The van der Waals surface area contributed by atoms with Crippen LogP contribution >= 0.6 is 17.0 Å². The Morgan fingerprint density at radius 2 is 0.860 bits per heavy atom. The second-order valence-electron chi connectivity index (χ2n) is 19.1. The molecule has 0 amide bonds. The average Bonchev–Trinajstić information content (AvgIpc) is 3.58. The molecule has 6 aliphatic carbocycles. The van der Waals surface area contributed by atoms with Gasteiger partial charge in [-0.1, -0.05) is 114 Å². The zero-order chi connectivity index (χ0) is 33.7. The summed E-state index contributed by atoms with van der Waals surface area (Å²) < 4.78 is 0. The van der Waals surface area contributed by atoms with Gasteiger partial charge in [0.05, 0.1) is 8.07 Å². The SMILES string of the molecule is CC1CCC2C(C1)CC1C(CC(C)C1[Si](C)(C)C1C(C)CC3C1CC1CC(C)CCC1C3c1ccccc1)C2c1ccccc1.[CH3-].[CH3-].[Cl][Zr+2][Cl]. The van der Waals surface area contributed by atoms with Gasteiger partial charge in [-0.15, -0.1) is 0 Å². The Hall–Kier alpha value is 0.120. The molecule has 0 aliphatic heterocycles. The van der Waals surface area contributed by atoms with E-state index in [2.05, 4.69) is 101 Å². The van der Waals surface area contributed by atoms with E-state index < -0.39 is 28.9 Å². The molecule has 0 aromatic heterocycles. The molecule has 4 heteroatoms. The molecule has 0 spiro atoms. The van der Waals surface area contributed by atoms with Crippen LogP contribution in [0.5, 0.6) is 0 Å². The van der Waals surface area contributed by atoms with E-state index in [1.165, 1.54) is 51.4 Å². The van der Waals surface area contributed by atoms with Gasteiger partial charge in [-0.3, -0.25) is 0 Å². The molecule has 16 unspecified atom stereocenters. The van der Waals surface area contributed by atoms with Crippen LogP contribution in [0.15, 0.2) is 60.7 Å². The minimum absolute atomic E-state index is 0. The molecule has 276 valence electrons. The van der Waals surface area contributed by atoms with Crippen molar-refractivity contribution < 1.29 is 20.8 Å². The van der Waals surface area contributed by atoms with Gasteiger partial charge in [-0.25, -0.2) is 0 Å². The fraction of sp³-hybridized carbons (Fsp3) is 0.696. The van der Waals surface area contributed by atoms with Crippen molar-refractivity contribution in [2.24, 2.45) is 71.0 Å². The van der Waals surface area contributed by atoms with Crippen LogP contribution in [0.1, 0.15) is 115 Å². The van der Waals surface area contributed by atoms with E-state index in [-0.39, 0.29) is 14.9 Å². The van der Waals surface area contributed by atoms with E-state index in [0.29, 0.717) is 0 Å². The minimum atomic E-state index is -1.59.